The Morgan fingerprint density at radius 3 is 2.82 bits per heavy atom. The van der Waals surface area contributed by atoms with Crippen LogP contribution in [0, 0.1) is 6.92 Å². The van der Waals surface area contributed by atoms with Crippen molar-refractivity contribution in [3.8, 4) is 5.69 Å². The summed E-state index contributed by atoms with van der Waals surface area (Å²) < 4.78 is 1.79. The van der Waals surface area contributed by atoms with Crippen LogP contribution in [-0.4, -0.2) is 21.9 Å². The molecule has 2 aromatic heterocycles. The van der Waals surface area contributed by atoms with Gasteiger partial charge in [0.2, 0.25) is 0 Å². The highest BCUT2D eigenvalue weighted by molar-refractivity contribution is 7.12. The maximum atomic E-state index is 11.8. The van der Waals surface area contributed by atoms with Crippen LogP contribution in [0.2, 0.25) is 0 Å². The number of rotatable bonds is 4. The number of nitrogens with zero attached hydrogens (tertiary/aromatic N) is 3. The lowest BCUT2D eigenvalue weighted by Gasteiger charge is -1.98. The first-order chi connectivity index (χ1) is 10.7. The molecule has 0 bridgehead atoms. The van der Waals surface area contributed by atoms with Gasteiger partial charge in [0.15, 0.2) is 0 Å². The van der Waals surface area contributed by atoms with Gasteiger partial charge in [-0.1, -0.05) is 24.3 Å². The van der Waals surface area contributed by atoms with E-state index in [1.165, 1.54) is 11.3 Å². The number of aryl methyl sites for hydroxylation is 1. The first-order valence-corrected chi connectivity index (χ1v) is 7.60. The zero-order valence-electron chi connectivity index (χ0n) is 11.9. The number of thiophene rings is 1. The lowest BCUT2D eigenvalue weighted by molar-refractivity contribution is 0.0959. The van der Waals surface area contributed by atoms with Crippen molar-refractivity contribution in [3.63, 3.8) is 0 Å². The topological polar surface area (TPSA) is 59.3 Å². The summed E-state index contributed by atoms with van der Waals surface area (Å²) in [5.74, 6) is -0.209. The molecule has 0 atom stereocenters. The van der Waals surface area contributed by atoms with E-state index < -0.39 is 0 Å². The summed E-state index contributed by atoms with van der Waals surface area (Å²) in [6.07, 6.45) is 3.48. The van der Waals surface area contributed by atoms with Crippen LogP contribution in [0.25, 0.3) is 5.69 Å². The minimum Gasteiger partial charge on any atom is -0.266 e. The molecule has 2 heterocycles. The maximum absolute atomic E-state index is 11.8. The Bertz CT molecular complexity index is 791. The Hall–Kier alpha value is -2.73. The van der Waals surface area contributed by atoms with Gasteiger partial charge in [-0.25, -0.2) is 10.1 Å². The number of hydrazone groups is 1. The molecule has 3 aromatic rings. The summed E-state index contributed by atoms with van der Waals surface area (Å²) in [7, 11) is 0. The molecule has 6 heteroatoms. The highest BCUT2D eigenvalue weighted by atomic mass is 32.1. The van der Waals surface area contributed by atoms with E-state index in [1.54, 1.807) is 17.0 Å². The van der Waals surface area contributed by atoms with Gasteiger partial charge < -0.3 is 0 Å². The first-order valence-electron chi connectivity index (χ1n) is 6.72. The van der Waals surface area contributed by atoms with Gasteiger partial charge in [0.1, 0.15) is 0 Å². The molecule has 0 unspecified atom stereocenters. The minimum atomic E-state index is -0.209. The molecule has 0 spiro atoms. The predicted octanol–water partition coefficient (Wildman–Crippen LogP) is 3.01. The standard InChI is InChI=1S/C16H14N4OS/c1-12-13(10-17-18-16(21)15-8-5-9-22-15)11-20(19-12)14-6-3-2-4-7-14/h2-11H,1H3,(H,18,21)/b17-10-. The Kier molecular flexibility index (Phi) is 4.11. The molecule has 0 aliphatic rings. The van der Waals surface area contributed by atoms with Crippen LogP contribution in [-0.2, 0) is 0 Å². The lowest BCUT2D eigenvalue weighted by Crippen LogP contribution is -2.16. The second-order valence-electron chi connectivity index (χ2n) is 4.63. The van der Waals surface area contributed by atoms with Crippen molar-refractivity contribution in [2.24, 2.45) is 5.10 Å². The summed E-state index contributed by atoms with van der Waals surface area (Å²) in [6, 6.07) is 13.4. The van der Waals surface area contributed by atoms with Crippen molar-refractivity contribution in [1.82, 2.24) is 15.2 Å². The van der Waals surface area contributed by atoms with Gasteiger partial charge in [-0.3, -0.25) is 4.79 Å². The molecule has 3 rings (SSSR count). The van der Waals surface area contributed by atoms with Crippen molar-refractivity contribution < 1.29 is 4.79 Å². The molecular weight excluding hydrogens is 296 g/mol. The van der Waals surface area contributed by atoms with E-state index >= 15 is 0 Å². The zero-order valence-corrected chi connectivity index (χ0v) is 12.7. The average molecular weight is 310 g/mol. The van der Waals surface area contributed by atoms with Crippen LogP contribution in [0.3, 0.4) is 0 Å². The third-order valence-electron chi connectivity index (χ3n) is 3.07. The van der Waals surface area contributed by atoms with E-state index in [-0.39, 0.29) is 5.91 Å². The average Bonchev–Trinajstić information content (AvgIpc) is 3.18. The molecular formula is C16H14N4OS. The smallest absolute Gasteiger partial charge is 0.266 e. The predicted molar refractivity (Wildman–Crippen MR) is 87.7 cm³/mol. The molecule has 0 radical (unpaired) electrons. The van der Waals surface area contributed by atoms with Crippen molar-refractivity contribution in [1.29, 1.82) is 0 Å². The molecule has 1 N–H and O–H groups in total. The van der Waals surface area contributed by atoms with Crippen LogP contribution in [0.15, 0.2) is 59.1 Å². The number of aromatic nitrogens is 2. The summed E-state index contributed by atoms with van der Waals surface area (Å²) in [5.41, 5.74) is 5.20. The molecule has 1 amide bonds. The van der Waals surface area contributed by atoms with E-state index in [9.17, 15) is 4.79 Å². The molecule has 22 heavy (non-hydrogen) atoms. The molecule has 5 nitrogen and oxygen atoms in total. The van der Waals surface area contributed by atoms with Crippen molar-refractivity contribution in [2.45, 2.75) is 6.92 Å². The number of nitrogens with one attached hydrogen (secondary N) is 1. The fourth-order valence-electron chi connectivity index (χ4n) is 1.94. The number of hydrogen-bond donors (Lipinski definition) is 1. The number of para-hydroxylation sites is 1. The van der Waals surface area contributed by atoms with Gasteiger partial charge in [0, 0.05) is 11.8 Å². The normalized spacial score (nSPS) is 11.0. The van der Waals surface area contributed by atoms with Crippen molar-refractivity contribution in [2.75, 3.05) is 0 Å². The quantitative estimate of drug-likeness (QED) is 0.595. The number of carbonyl (C=O) groups is 1. The highest BCUT2D eigenvalue weighted by Crippen LogP contribution is 2.10. The van der Waals surface area contributed by atoms with E-state index in [1.807, 2.05) is 54.9 Å². The third kappa shape index (κ3) is 3.12. The van der Waals surface area contributed by atoms with Gasteiger partial charge in [-0.15, -0.1) is 11.3 Å². The van der Waals surface area contributed by atoms with E-state index in [2.05, 4.69) is 15.6 Å². The molecule has 1 aromatic carbocycles. The van der Waals surface area contributed by atoms with Crippen molar-refractivity contribution >= 4 is 23.5 Å². The zero-order chi connectivity index (χ0) is 15.4. The van der Waals surface area contributed by atoms with E-state index in [0.29, 0.717) is 4.88 Å². The summed E-state index contributed by atoms with van der Waals surface area (Å²) >= 11 is 1.38. The Balaban J connectivity index is 1.72. The SMILES string of the molecule is Cc1nn(-c2ccccc2)cc1/C=N\NC(=O)c1cccs1. The van der Waals surface area contributed by atoms with Gasteiger partial charge in [0.05, 0.1) is 22.5 Å². The largest absolute Gasteiger partial charge is 0.281 e. The maximum Gasteiger partial charge on any atom is 0.281 e. The first kappa shape index (κ1) is 14.2. The van der Waals surface area contributed by atoms with Crippen LogP contribution >= 0.6 is 11.3 Å². The van der Waals surface area contributed by atoms with Gasteiger partial charge in [0.25, 0.3) is 5.91 Å². The Labute approximate surface area is 131 Å². The van der Waals surface area contributed by atoms with Gasteiger partial charge in [-0.05, 0) is 30.5 Å². The van der Waals surface area contributed by atoms with Gasteiger partial charge >= 0.3 is 0 Å². The molecule has 0 saturated heterocycles. The second kappa shape index (κ2) is 6.36. The van der Waals surface area contributed by atoms with E-state index in [0.717, 1.165) is 16.9 Å². The molecule has 0 aliphatic carbocycles. The minimum absolute atomic E-state index is 0.209. The monoisotopic (exact) mass is 310 g/mol. The highest BCUT2D eigenvalue weighted by Gasteiger charge is 2.06. The summed E-state index contributed by atoms with van der Waals surface area (Å²) in [6.45, 7) is 1.90. The fourth-order valence-corrected chi connectivity index (χ4v) is 2.55. The third-order valence-corrected chi connectivity index (χ3v) is 3.94. The summed E-state index contributed by atoms with van der Waals surface area (Å²) in [5, 5.41) is 10.3. The summed E-state index contributed by atoms with van der Waals surface area (Å²) in [4.78, 5) is 12.4. The lowest BCUT2D eigenvalue weighted by atomic mass is 10.3. The fraction of sp³-hybridized carbons (Fsp3) is 0.0625. The number of carbonyl (C=O) groups excluding carboxylic acids is 1. The molecule has 0 aliphatic heterocycles. The van der Waals surface area contributed by atoms with Gasteiger partial charge in [-0.2, -0.15) is 10.2 Å². The molecule has 110 valence electrons. The van der Waals surface area contributed by atoms with Crippen LogP contribution in [0.1, 0.15) is 20.9 Å². The van der Waals surface area contributed by atoms with Crippen LogP contribution in [0.4, 0.5) is 0 Å². The number of hydrogen-bond acceptors (Lipinski definition) is 4. The molecule has 0 saturated carbocycles. The van der Waals surface area contributed by atoms with Crippen LogP contribution < -0.4 is 5.43 Å². The van der Waals surface area contributed by atoms with E-state index in [4.69, 9.17) is 0 Å². The van der Waals surface area contributed by atoms with Crippen molar-refractivity contribution in [3.05, 3.63) is 70.2 Å². The Morgan fingerprint density at radius 2 is 2.09 bits per heavy atom. The molecule has 0 fully saturated rings. The van der Waals surface area contributed by atoms with Crippen LogP contribution in [0.5, 0.6) is 0 Å². The Morgan fingerprint density at radius 1 is 1.27 bits per heavy atom. The second-order valence-corrected chi connectivity index (χ2v) is 5.57. The number of amides is 1. The number of benzene rings is 1.